The topological polar surface area (TPSA) is 81.1 Å². The van der Waals surface area contributed by atoms with Crippen molar-refractivity contribution in [2.45, 2.75) is 0 Å². The maximum atomic E-state index is 6.33. The molecule has 0 bridgehead atoms. The number of nitrogens with zero attached hydrogens (tertiary/aromatic N) is 5. The van der Waals surface area contributed by atoms with Crippen LogP contribution in [0.4, 0.5) is 17.1 Å². The molecule has 0 atom stereocenters. The number of fused-ring (bicyclic) bond motifs is 10. The van der Waals surface area contributed by atoms with Crippen LogP contribution >= 0.6 is 0 Å². The molecule has 63 heavy (non-hydrogen) atoms. The molecule has 0 radical (unpaired) electrons. The van der Waals surface area contributed by atoms with Crippen molar-refractivity contribution in [1.82, 2.24) is 20.4 Å². The number of para-hydroxylation sites is 2. The van der Waals surface area contributed by atoms with Crippen LogP contribution < -0.4 is 4.90 Å². The van der Waals surface area contributed by atoms with E-state index in [0.717, 1.165) is 88.8 Å². The summed E-state index contributed by atoms with van der Waals surface area (Å²) >= 11 is 0. The molecule has 0 saturated heterocycles. The number of rotatable bonds is 6. The third-order valence-corrected chi connectivity index (χ3v) is 12.4. The Hall–Kier alpha value is -8.68. The molecule has 4 heterocycles. The molecule has 0 saturated carbocycles. The van der Waals surface area contributed by atoms with E-state index in [2.05, 4.69) is 165 Å². The molecule has 9 aromatic carbocycles. The maximum absolute atomic E-state index is 6.33. The van der Waals surface area contributed by atoms with E-state index >= 15 is 0 Å². The minimum Gasteiger partial charge on any atom is -0.454 e. The van der Waals surface area contributed by atoms with E-state index in [4.69, 9.17) is 8.83 Å². The normalized spacial score (nSPS) is 11.8. The van der Waals surface area contributed by atoms with Gasteiger partial charge < -0.3 is 13.7 Å². The van der Waals surface area contributed by atoms with Gasteiger partial charge in [0.25, 0.3) is 0 Å². The molecular weight excluding hydrogens is 775 g/mol. The van der Waals surface area contributed by atoms with Crippen molar-refractivity contribution in [2.75, 3.05) is 4.90 Å². The molecule has 0 aliphatic rings. The predicted octanol–water partition coefficient (Wildman–Crippen LogP) is 15.0. The molecule has 0 amide bonds. The third kappa shape index (κ3) is 5.75. The lowest BCUT2D eigenvalue weighted by molar-refractivity contribution is 0.667. The second-order valence-electron chi connectivity index (χ2n) is 16.0. The summed E-state index contributed by atoms with van der Waals surface area (Å²) in [5.41, 5.74) is 13.7. The Balaban J connectivity index is 0.911. The molecule has 0 aliphatic carbocycles. The van der Waals surface area contributed by atoms with Crippen LogP contribution in [0.3, 0.4) is 0 Å². The number of furan rings is 2. The molecule has 4 aromatic heterocycles. The zero-order valence-corrected chi connectivity index (χ0v) is 33.6. The molecule has 0 unspecified atom stereocenters. The molecule has 0 spiro atoms. The van der Waals surface area contributed by atoms with E-state index < -0.39 is 0 Å². The first-order chi connectivity index (χ1) is 31.2. The van der Waals surface area contributed by atoms with Crippen molar-refractivity contribution < 1.29 is 8.83 Å². The summed E-state index contributed by atoms with van der Waals surface area (Å²) in [6, 6.07) is 66.3. The Morgan fingerprint density at radius 2 is 0.778 bits per heavy atom. The van der Waals surface area contributed by atoms with Gasteiger partial charge in [0.1, 0.15) is 22.2 Å². The Morgan fingerprint density at radius 3 is 1.38 bits per heavy atom. The largest absolute Gasteiger partial charge is 0.454 e. The van der Waals surface area contributed by atoms with E-state index in [9.17, 15) is 0 Å². The summed E-state index contributed by atoms with van der Waals surface area (Å²) < 4.78 is 12.7. The zero-order valence-electron chi connectivity index (χ0n) is 33.6. The van der Waals surface area contributed by atoms with Crippen LogP contribution in [0.25, 0.3) is 110 Å². The van der Waals surface area contributed by atoms with E-state index in [-0.39, 0.29) is 0 Å². The Kier molecular flexibility index (Phi) is 7.77. The summed E-state index contributed by atoms with van der Waals surface area (Å²) in [5, 5.41) is 26.8. The van der Waals surface area contributed by atoms with Gasteiger partial charge in [0.05, 0.1) is 12.4 Å². The van der Waals surface area contributed by atoms with Gasteiger partial charge in [-0.2, -0.15) is 10.2 Å². The van der Waals surface area contributed by atoms with Crippen LogP contribution in [0, 0.1) is 0 Å². The molecule has 13 rings (SSSR count). The standard InChI is InChI=1S/C56H33N5O2/c1-2-8-37-29-38(14-13-34(37)7-1)39-21-27-45-40(30-39)15-16-41-31-44(26-28-46(41)45)61(42-22-17-35(18-23-42)49-32-57-59-53-47-9-3-5-11-51(47)62-55(49)53)43-24-19-36(20-25-43)50-33-58-60-54-48-10-4-6-12-52(48)63-56(50)54/h1-33H. The summed E-state index contributed by atoms with van der Waals surface area (Å²) in [4.78, 5) is 2.29. The lowest BCUT2D eigenvalue weighted by atomic mass is 9.96. The number of aromatic nitrogens is 4. The van der Waals surface area contributed by atoms with Crippen molar-refractivity contribution >= 4 is 93.5 Å². The SMILES string of the molecule is c1ccc2cc(-c3ccc4c(ccc5cc(N(c6ccc(-c7cnnc8c7oc7ccccc78)cc6)c6ccc(-c7cnnc8c7oc7ccccc78)cc6)ccc54)c3)ccc2c1. The first-order valence-electron chi connectivity index (χ1n) is 20.9. The van der Waals surface area contributed by atoms with E-state index in [1.54, 1.807) is 12.4 Å². The number of benzene rings is 9. The fourth-order valence-electron chi connectivity index (χ4n) is 9.22. The Bertz CT molecular complexity index is 3770. The first-order valence-corrected chi connectivity index (χ1v) is 20.9. The fraction of sp³-hybridized carbons (Fsp3) is 0. The van der Waals surface area contributed by atoms with E-state index in [1.807, 2.05) is 48.5 Å². The van der Waals surface area contributed by atoms with Crippen LogP contribution in [0.5, 0.6) is 0 Å². The minimum absolute atomic E-state index is 0.724. The van der Waals surface area contributed by atoms with Crippen LogP contribution in [0.1, 0.15) is 0 Å². The molecule has 0 fully saturated rings. The summed E-state index contributed by atoms with van der Waals surface area (Å²) in [7, 11) is 0. The lowest BCUT2D eigenvalue weighted by Crippen LogP contribution is -2.10. The van der Waals surface area contributed by atoms with Crippen molar-refractivity contribution in [3.63, 3.8) is 0 Å². The zero-order chi connectivity index (χ0) is 41.4. The molecule has 0 aliphatic heterocycles. The molecule has 0 N–H and O–H groups in total. The molecule has 294 valence electrons. The van der Waals surface area contributed by atoms with E-state index in [0.29, 0.717) is 0 Å². The van der Waals surface area contributed by atoms with Gasteiger partial charge in [0.15, 0.2) is 11.2 Å². The number of anilines is 3. The van der Waals surface area contributed by atoms with Crippen LogP contribution in [0.15, 0.2) is 209 Å². The van der Waals surface area contributed by atoms with Crippen molar-refractivity contribution in [1.29, 1.82) is 0 Å². The second kappa shape index (κ2) is 13.9. The highest BCUT2D eigenvalue weighted by Gasteiger charge is 2.19. The quantitative estimate of drug-likeness (QED) is 0.155. The van der Waals surface area contributed by atoms with Gasteiger partial charge in [-0.3, -0.25) is 0 Å². The molecule has 13 aromatic rings. The third-order valence-electron chi connectivity index (χ3n) is 12.4. The minimum atomic E-state index is 0.724. The summed E-state index contributed by atoms with van der Waals surface area (Å²) in [6.07, 6.45) is 3.56. The molecular formula is C56H33N5O2. The van der Waals surface area contributed by atoms with E-state index in [1.165, 1.54) is 38.1 Å². The van der Waals surface area contributed by atoms with Gasteiger partial charge >= 0.3 is 0 Å². The fourth-order valence-corrected chi connectivity index (χ4v) is 9.22. The first kappa shape index (κ1) is 35.1. The van der Waals surface area contributed by atoms with Gasteiger partial charge in [0, 0.05) is 39.0 Å². The van der Waals surface area contributed by atoms with Gasteiger partial charge in [-0.1, -0.05) is 115 Å². The number of hydrogen-bond acceptors (Lipinski definition) is 7. The second-order valence-corrected chi connectivity index (χ2v) is 16.0. The van der Waals surface area contributed by atoms with Crippen molar-refractivity contribution in [2.24, 2.45) is 0 Å². The smallest absolute Gasteiger partial charge is 0.165 e. The monoisotopic (exact) mass is 807 g/mol. The van der Waals surface area contributed by atoms with Gasteiger partial charge in [-0.25, -0.2) is 0 Å². The van der Waals surface area contributed by atoms with Crippen molar-refractivity contribution in [3.05, 3.63) is 200 Å². The lowest BCUT2D eigenvalue weighted by Gasteiger charge is -2.26. The number of hydrogen-bond donors (Lipinski definition) is 0. The van der Waals surface area contributed by atoms with Crippen molar-refractivity contribution in [3.8, 4) is 33.4 Å². The van der Waals surface area contributed by atoms with Gasteiger partial charge in [0.2, 0.25) is 0 Å². The molecule has 7 heteroatoms. The maximum Gasteiger partial charge on any atom is 0.165 e. The highest BCUT2D eigenvalue weighted by molar-refractivity contribution is 6.11. The van der Waals surface area contributed by atoms with Gasteiger partial charge in [-0.05, 0) is 127 Å². The van der Waals surface area contributed by atoms with Crippen LogP contribution in [-0.2, 0) is 0 Å². The Labute approximate surface area is 360 Å². The predicted molar refractivity (Wildman–Crippen MR) is 256 cm³/mol. The Morgan fingerprint density at radius 1 is 0.333 bits per heavy atom. The summed E-state index contributed by atoms with van der Waals surface area (Å²) in [6.45, 7) is 0. The average Bonchev–Trinajstić information content (AvgIpc) is 3.93. The highest BCUT2D eigenvalue weighted by Crippen LogP contribution is 2.42. The molecule has 7 nitrogen and oxygen atoms in total. The average molecular weight is 808 g/mol. The highest BCUT2D eigenvalue weighted by atomic mass is 16.3. The van der Waals surface area contributed by atoms with Crippen LogP contribution in [0.2, 0.25) is 0 Å². The van der Waals surface area contributed by atoms with Crippen LogP contribution in [-0.4, -0.2) is 20.4 Å². The summed E-state index contributed by atoms with van der Waals surface area (Å²) in [5.74, 6) is 0. The van der Waals surface area contributed by atoms with Gasteiger partial charge in [-0.15, -0.1) is 10.2 Å².